The molecule has 0 saturated carbocycles. The van der Waals surface area contributed by atoms with Crippen LogP contribution in [0.15, 0.2) is 64.3 Å². The zero-order valence-corrected chi connectivity index (χ0v) is 22.9. The molecule has 0 spiro atoms. The van der Waals surface area contributed by atoms with Gasteiger partial charge in [0.15, 0.2) is 5.78 Å². The summed E-state index contributed by atoms with van der Waals surface area (Å²) in [6, 6.07) is 14.0. The Morgan fingerprint density at radius 3 is 2.44 bits per heavy atom. The molecule has 200 valence electrons. The molecule has 0 saturated heterocycles. The highest BCUT2D eigenvalue weighted by atomic mass is 35.5. The molecular formula is C29H27ClN4O5. The number of fused-ring (bicyclic) bond motifs is 1. The van der Waals surface area contributed by atoms with E-state index in [-0.39, 0.29) is 17.8 Å². The Kier molecular flexibility index (Phi) is 7.35. The van der Waals surface area contributed by atoms with Crippen molar-refractivity contribution < 1.29 is 14.3 Å². The monoisotopic (exact) mass is 546 g/mol. The lowest BCUT2D eigenvalue weighted by atomic mass is 10.0. The van der Waals surface area contributed by atoms with Gasteiger partial charge in [-0.2, -0.15) is 9.94 Å². The van der Waals surface area contributed by atoms with Crippen LogP contribution in [-0.2, 0) is 23.0 Å². The van der Waals surface area contributed by atoms with Crippen LogP contribution in [-0.4, -0.2) is 31.4 Å². The number of ketones is 1. The molecule has 0 aliphatic heterocycles. The quantitative estimate of drug-likeness (QED) is 0.353. The molecule has 0 aliphatic carbocycles. The van der Waals surface area contributed by atoms with Gasteiger partial charge in [-0.25, -0.2) is 9.48 Å². The van der Waals surface area contributed by atoms with Crippen LogP contribution < -0.4 is 11.1 Å². The summed E-state index contributed by atoms with van der Waals surface area (Å²) >= 11 is 6.08. The van der Waals surface area contributed by atoms with E-state index in [1.807, 2.05) is 0 Å². The van der Waals surface area contributed by atoms with Gasteiger partial charge in [-0.3, -0.25) is 14.4 Å². The average Bonchev–Trinajstić information content (AvgIpc) is 3.11. The number of Topliss-reactive ketones (excluding diaryl/α,β-unsaturated/α-hetero) is 1. The van der Waals surface area contributed by atoms with Crippen LogP contribution in [0.3, 0.4) is 0 Å². The number of nitriles is 1. The van der Waals surface area contributed by atoms with Crippen molar-refractivity contribution in [2.75, 3.05) is 0 Å². The number of carbonyl (C=O) groups excluding carboxylic acids is 2. The minimum absolute atomic E-state index is 0.0322. The third kappa shape index (κ3) is 5.56. The summed E-state index contributed by atoms with van der Waals surface area (Å²) < 4.78 is 9.09. The van der Waals surface area contributed by atoms with Crippen molar-refractivity contribution in [2.24, 2.45) is 7.05 Å². The Labute approximate surface area is 229 Å². The molecule has 0 bridgehead atoms. The maximum absolute atomic E-state index is 13.2. The molecule has 2 aromatic carbocycles. The molecule has 4 rings (SSSR count). The molecule has 0 N–H and O–H groups in total. The van der Waals surface area contributed by atoms with Crippen LogP contribution in [0.1, 0.15) is 44.9 Å². The maximum atomic E-state index is 13.2. The summed E-state index contributed by atoms with van der Waals surface area (Å²) in [5.41, 5.74) is 0.781. The highest BCUT2D eigenvalue weighted by Gasteiger charge is 2.24. The predicted octanol–water partition coefficient (Wildman–Crippen LogP) is 4.85. The molecule has 9 nitrogen and oxygen atoms in total. The number of aromatic nitrogens is 3. The van der Waals surface area contributed by atoms with Gasteiger partial charge in [0, 0.05) is 36.3 Å². The van der Waals surface area contributed by atoms with Gasteiger partial charge in [-0.15, -0.1) is 0 Å². The molecule has 0 radical (unpaired) electrons. The number of halogens is 1. The molecule has 0 amide bonds. The van der Waals surface area contributed by atoms with Gasteiger partial charge in [0.25, 0.3) is 11.1 Å². The first-order valence-electron chi connectivity index (χ1n) is 12.2. The number of carbonyl (C=O) groups is 2. The Hall–Kier alpha value is -4.42. The van der Waals surface area contributed by atoms with Gasteiger partial charge in [-0.05, 0) is 75.2 Å². The van der Waals surface area contributed by atoms with Gasteiger partial charge >= 0.3 is 6.09 Å². The highest BCUT2D eigenvalue weighted by Crippen LogP contribution is 2.26. The fourth-order valence-electron chi connectivity index (χ4n) is 4.33. The molecule has 10 heteroatoms. The zero-order chi connectivity index (χ0) is 28.6. The van der Waals surface area contributed by atoms with E-state index in [2.05, 4.69) is 6.07 Å². The summed E-state index contributed by atoms with van der Waals surface area (Å²) in [6.45, 7) is 6.81. The fourth-order valence-corrected chi connectivity index (χ4v) is 4.50. The molecule has 0 fully saturated rings. The van der Waals surface area contributed by atoms with Crippen molar-refractivity contribution in [1.29, 1.82) is 5.26 Å². The van der Waals surface area contributed by atoms with Crippen LogP contribution in [0.5, 0.6) is 0 Å². The van der Waals surface area contributed by atoms with Crippen molar-refractivity contribution >= 4 is 34.4 Å². The second-order valence-corrected chi connectivity index (χ2v) is 10.7. The first-order chi connectivity index (χ1) is 18.3. The van der Waals surface area contributed by atoms with Crippen LogP contribution in [0, 0.1) is 11.3 Å². The molecular weight excluding hydrogens is 520 g/mol. The van der Waals surface area contributed by atoms with Crippen molar-refractivity contribution in [3.8, 4) is 17.2 Å². The maximum Gasteiger partial charge on any atom is 0.434 e. The van der Waals surface area contributed by atoms with Crippen molar-refractivity contribution in [2.45, 2.75) is 45.8 Å². The molecule has 4 aromatic rings. The van der Waals surface area contributed by atoms with E-state index >= 15 is 0 Å². The van der Waals surface area contributed by atoms with E-state index in [0.717, 1.165) is 4.68 Å². The molecule has 39 heavy (non-hydrogen) atoms. The normalized spacial score (nSPS) is 12.2. The number of nitrogens with zero attached hydrogens (tertiary/aromatic N) is 4. The van der Waals surface area contributed by atoms with Crippen molar-refractivity contribution in [1.82, 2.24) is 13.9 Å². The summed E-state index contributed by atoms with van der Waals surface area (Å²) in [5.74, 6) is -0.244. The first kappa shape index (κ1) is 27.6. The van der Waals surface area contributed by atoms with E-state index in [0.29, 0.717) is 38.2 Å². The van der Waals surface area contributed by atoms with Gasteiger partial charge in [0.1, 0.15) is 5.60 Å². The van der Waals surface area contributed by atoms with Crippen LogP contribution in [0.25, 0.3) is 22.0 Å². The molecule has 1 atom stereocenters. The second-order valence-electron chi connectivity index (χ2n) is 10.3. The largest absolute Gasteiger partial charge is 0.442 e. The Bertz CT molecular complexity index is 1780. The topological polar surface area (TPSA) is 116 Å². The lowest BCUT2D eigenvalue weighted by Crippen LogP contribution is -2.31. The van der Waals surface area contributed by atoms with E-state index in [1.165, 1.54) is 28.6 Å². The second kappa shape index (κ2) is 10.4. The number of rotatable bonds is 5. The smallest absolute Gasteiger partial charge is 0.434 e. The molecule has 2 heterocycles. The lowest BCUT2D eigenvalue weighted by molar-refractivity contribution is -0.121. The number of ether oxygens (including phenoxy) is 1. The van der Waals surface area contributed by atoms with Crippen LogP contribution in [0.4, 0.5) is 4.79 Å². The summed E-state index contributed by atoms with van der Waals surface area (Å²) in [6.07, 6.45) is 0.776. The average molecular weight is 547 g/mol. The van der Waals surface area contributed by atoms with E-state index < -0.39 is 23.3 Å². The van der Waals surface area contributed by atoms with Crippen molar-refractivity contribution in [3.63, 3.8) is 0 Å². The number of pyridine rings is 1. The molecule has 0 aliphatic rings. The minimum atomic E-state index is -0.791. The number of hydrogen-bond acceptors (Lipinski definition) is 6. The summed E-state index contributed by atoms with van der Waals surface area (Å²) in [4.78, 5) is 51.6. The lowest BCUT2D eigenvalue weighted by Gasteiger charge is -2.20. The van der Waals surface area contributed by atoms with Gasteiger partial charge < -0.3 is 9.30 Å². The number of benzene rings is 2. The van der Waals surface area contributed by atoms with Gasteiger partial charge in [0.05, 0.1) is 28.6 Å². The SMILES string of the molecule is CC(C(=O)Cc1ccc2c(=O)n(C)n(C(=O)OC(C)(C)C)c2c1)n1ccc(-c2cc(Cl)ccc2C#N)cc1=O. The predicted molar refractivity (Wildman–Crippen MR) is 148 cm³/mol. The van der Waals surface area contributed by atoms with Crippen LogP contribution in [0.2, 0.25) is 5.02 Å². The zero-order valence-electron chi connectivity index (χ0n) is 22.2. The Morgan fingerprint density at radius 2 is 1.79 bits per heavy atom. The van der Waals surface area contributed by atoms with E-state index in [1.54, 1.807) is 70.2 Å². The highest BCUT2D eigenvalue weighted by molar-refractivity contribution is 6.30. The third-order valence-electron chi connectivity index (χ3n) is 6.30. The summed E-state index contributed by atoms with van der Waals surface area (Å²) in [7, 11) is 1.47. The Morgan fingerprint density at radius 1 is 1.08 bits per heavy atom. The van der Waals surface area contributed by atoms with E-state index in [9.17, 15) is 24.4 Å². The number of hydrogen-bond donors (Lipinski definition) is 0. The molecule has 2 aromatic heterocycles. The first-order valence-corrected chi connectivity index (χ1v) is 12.6. The summed E-state index contributed by atoms with van der Waals surface area (Å²) in [5, 5.41) is 10.2. The standard InChI is InChI=1S/C29H27ClN4O5/c1-17(33-11-10-19(14-26(33)36)23-15-21(30)8-7-20(23)16-31)25(35)13-18-6-9-22-24(12-18)34(32(5)27(22)37)28(38)39-29(2,3)4/h6-12,14-15,17H,13H2,1-5H3. The molecule has 1 unspecified atom stereocenters. The van der Waals surface area contributed by atoms with Crippen molar-refractivity contribution in [3.05, 3.63) is 91.6 Å². The van der Waals surface area contributed by atoms with E-state index in [4.69, 9.17) is 16.3 Å². The minimum Gasteiger partial charge on any atom is -0.442 e. The van der Waals surface area contributed by atoms with Gasteiger partial charge in [-0.1, -0.05) is 17.7 Å². The van der Waals surface area contributed by atoms with Gasteiger partial charge in [0.2, 0.25) is 0 Å². The third-order valence-corrected chi connectivity index (χ3v) is 6.54. The van der Waals surface area contributed by atoms with Crippen LogP contribution >= 0.6 is 11.6 Å². The fraction of sp³-hybridized carbons (Fsp3) is 0.276. The Balaban J connectivity index is 1.62.